The first-order valence-electron chi connectivity index (χ1n) is 21.7. The van der Waals surface area contributed by atoms with Crippen LogP contribution in [-0.4, -0.2) is 20.9 Å². The third kappa shape index (κ3) is 8.13. The monoisotopic (exact) mass is 824 g/mol. The lowest BCUT2D eigenvalue weighted by Gasteiger charge is -2.18. The Bertz CT molecular complexity index is 3170. The van der Waals surface area contributed by atoms with Crippen molar-refractivity contribution in [1.29, 1.82) is 0 Å². The van der Waals surface area contributed by atoms with E-state index in [9.17, 15) is 9.90 Å². The van der Waals surface area contributed by atoms with Crippen LogP contribution in [-0.2, 0) is 11.2 Å². The molecule has 0 aliphatic carbocycles. The van der Waals surface area contributed by atoms with Crippen molar-refractivity contribution in [2.24, 2.45) is 0 Å². The number of fused-ring (bicyclic) bond motifs is 2. The second kappa shape index (κ2) is 17.6. The number of hydrogen-bond donors (Lipinski definition) is 1. The number of benzene rings is 8. The van der Waals surface area contributed by atoms with Crippen molar-refractivity contribution in [3.8, 4) is 78.1 Å². The molecule has 0 bridgehead atoms. The van der Waals surface area contributed by atoms with Gasteiger partial charge in [-0.2, -0.15) is 0 Å². The zero-order valence-electron chi connectivity index (χ0n) is 35.4. The lowest BCUT2D eigenvalue weighted by atomic mass is 9.86. The molecule has 0 aliphatic rings. The van der Waals surface area contributed by atoms with Gasteiger partial charge in [0.2, 0.25) is 0 Å². The smallest absolute Gasteiger partial charge is 0.159 e. The van der Waals surface area contributed by atoms with Gasteiger partial charge in [0.25, 0.3) is 0 Å². The highest BCUT2D eigenvalue weighted by molar-refractivity contribution is 5.97. The molecular formula is C60H44N2O2. The summed E-state index contributed by atoms with van der Waals surface area (Å²) in [7, 11) is 0. The summed E-state index contributed by atoms with van der Waals surface area (Å²) >= 11 is 0. The molecule has 0 fully saturated rings. The van der Waals surface area contributed by atoms with Gasteiger partial charge in [0.05, 0.1) is 17.1 Å². The predicted octanol–water partition coefficient (Wildman–Crippen LogP) is 15.4. The number of carbonyl (C=O) groups excluding carboxylic acids is 1. The fourth-order valence-corrected chi connectivity index (χ4v) is 8.96. The number of pyridine rings is 2. The Morgan fingerprint density at radius 1 is 0.438 bits per heavy atom. The number of ketones is 1. The second-order valence-corrected chi connectivity index (χ2v) is 16.2. The number of allylic oxidation sites excluding steroid dienone is 2. The van der Waals surface area contributed by atoms with Gasteiger partial charge in [0, 0.05) is 46.8 Å². The maximum Gasteiger partial charge on any atom is 0.159 e. The van der Waals surface area contributed by atoms with Gasteiger partial charge in [-0.3, -0.25) is 14.8 Å². The lowest BCUT2D eigenvalue weighted by molar-refractivity contribution is -0.114. The molecule has 0 saturated heterocycles. The number of aliphatic hydroxyl groups excluding tert-OH is 1. The molecule has 2 aromatic heterocycles. The summed E-state index contributed by atoms with van der Waals surface area (Å²) in [4.78, 5) is 22.3. The average molecular weight is 825 g/mol. The van der Waals surface area contributed by atoms with Gasteiger partial charge in [0.15, 0.2) is 5.78 Å². The van der Waals surface area contributed by atoms with Gasteiger partial charge in [-0.05, 0) is 116 Å². The Balaban J connectivity index is 1.09. The van der Waals surface area contributed by atoms with E-state index < -0.39 is 0 Å². The number of carbonyl (C=O) groups is 1. The van der Waals surface area contributed by atoms with E-state index in [2.05, 4.69) is 194 Å². The van der Waals surface area contributed by atoms with Crippen LogP contribution in [0.2, 0.25) is 0 Å². The first kappa shape index (κ1) is 39.9. The topological polar surface area (TPSA) is 63.1 Å². The van der Waals surface area contributed by atoms with E-state index in [0.717, 1.165) is 94.5 Å². The summed E-state index contributed by atoms with van der Waals surface area (Å²) in [5.74, 6) is -0.0794. The van der Waals surface area contributed by atoms with Crippen molar-refractivity contribution < 1.29 is 9.90 Å². The Kier molecular flexibility index (Phi) is 11.0. The molecule has 0 radical (unpaired) electrons. The summed E-state index contributed by atoms with van der Waals surface area (Å²) < 4.78 is 0. The van der Waals surface area contributed by atoms with Crippen LogP contribution in [0.25, 0.3) is 99.7 Å². The molecule has 0 amide bonds. The van der Waals surface area contributed by atoms with E-state index in [1.165, 1.54) is 23.8 Å². The van der Waals surface area contributed by atoms with Crippen LogP contribution in [0.15, 0.2) is 224 Å². The molecule has 0 atom stereocenters. The number of rotatable bonds is 11. The van der Waals surface area contributed by atoms with Crippen LogP contribution < -0.4 is 0 Å². The summed E-state index contributed by atoms with van der Waals surface area (Å²) in [5.41, 5.74) is 16.1. The highest BCUT2D eigenvalue weighted by Gasteiger charge is 2.17. The normalized spacial score (nSPS) is 11.5. The number of hydrogen-bond acceptors (Lipinski definition) is 4. The molecule has 2 heterocycles. The van der Waals surface area contributed by atoms with Crippen molar-refractivity contribution in [3.63, 3.8) is 0 Å². The fourth-order valence-electron chi connectivity index (χ4n) is 8.96. The van der Waals surface area contributed by atoms with Crippen molar-refractivity contribution in [2.75, 3.05) is 0 Å². The Labute approximate surface area is 373 Å². The third-order valence-corrected chi connectivity index (χ3v) is 12.0. The van der Waals surface area contributed by atoms with Gasteiger partial charge < -0.3 is 5.11 Å². The standard InChI is InChI=1S/C60H44N2O2/c1-40(63)36-51(64)31-30-41-12-2-5-15-52(41)48-37-49(55-18-10-8-16-53(55)44-22-26-46(27-23-44)59-57-20-6-3-13-42(57)32-34-61-59)39-50(38-48)56-19-11-9-17-54(56)45-24-28-47(29-25-45)60-58-21-7-4-14-43(58)33-35-62-60/h2-29,32-39,63H,30-31H2,1H3. The fraction of sp³-hybridized carbons (Fsp3) is 0.0500. The summed E-state index contributed by atoms with van der Waals surface area (Å²) in [5, 5.41) is 14.4. The SMILES string of the molecule is CC(O)=CC(=O)CCc1ccccc1-c1cc(-c2ccccc2-c2ccc(-c3nccc4ccccc34)cc2)cc(-c2ccccc2-c2ccc(-c3nccc4ccccc34)cc2)c1. The molecule has 64 heavy (non-hydrogen) atoms. The van der Waals surface area contributed by atoms with Gasteiger partial charge in [-0.15, -0.1) is 0 Å². The maximum absolute atomic E-state index is 12.8. The van der Waals surface area contributed by atoms with Crippen LogP contribution in [0.4, 0.5) is 0 Å². The first-order valence-corrected chi connectivity index (χ1v) is 21.7. The Hall–Kier alpha value is -8.21. The van der Waals surface area contributed by atoms with Crippen molar-refractivity contribution >= 4 is 27.3 Å². The molecule has 306 valence electrons. The molecule has 0 aliphatic heterocycles. The average Bonchev–Trinajstić information content (AvgIpc) is 3.35. The van der Waals surface area contributed by atoms with E-state index in [4.69, 9.17) is 9.97 Å². The molecule has 10 aromatic rings. The maximum atomic E-state index is 12.8. The van der Waals surface area contributed by atoms with Crippen molar-refractivity contribution in [1.82, 2.24) is 9.97 Å². The molecular weight excluding hydrogens is 781 g/mol. The quantitative estimate of drug-likeness (QED) is 0.104. The largest absolute Gasteiger partial charge is 0.512 e. The van der Waals surface area contributed by atoms with E-state index in [0.29, 0.717) is 12.8 Å². The molecule has 8 aromatic carbocycles. The summed E-state index contributed by atoms with van der Waals surface area (Å²) in [6, 6.07) is 70.8. The number of nitrogens with zero attached hydrogens (tertiary/aromatic N) is 2. The summed E-state index contributed by atoms with van der Waals surface area (Å²) in [6.07, 6.45) is 5.91. The van der Waals surface area contributed by atoms with Gasteiger partial charge >= 0.3 is 0 Å². The molecule has 4 nitrogen and oxygen atoms in total. The van der Waals surface area contributed by atoms with Gasteiger partial charge in [0.1, 0.15) is 0 Å². The molecule has 0 spiro atoms. The van der Waals surface area contributed by atoms with Gasteiger partial charge in [-0.25, -0.2) is 0 Å². The van der Waals surface area contributed by atoms with Crippen LogP contribution in [0, 0.1) is 0 Å². The predicted molar refractivity (Wildman–Crippen MR) is 265 cm³/mol. The minimum absolute atomic E-state index is 0.0210. The molecule has 1 N–H and O–H groups in total. The minimum Gasteiger partial charge on any atom is -0.512 e. The van der Waals surface area contributed by atoms with Crippen LogP contribution in [0.1, 0.15) is 18.9 Å². The van der Waals surface area contributed by atoms with Crippen molar-refractivity contribution in [3.05, 3.63) is 230 Å². The minimum atomic E-state index is -0.100. The molecule has 4 heteroatoms. The van der Waals surface area contributed by atoms with Crippen molar-refractivity contribution in [2.45, 2.75) is 19.8 Å². The molecule has 10 rings (SSSR count). The van der Waals surface area contributed by atoms with Crippen LogP contribution in [0.5, 0.6) is 0 Å². The zero-order chi connectivity index (χ0) is 43.4. The zero-order valence-corrected chi connectivity index (χ0v) is 35.4. The highest BCUT2D eigenvalue weighted by atomic mass is 16.3. The molecule has 0 unspecified atom stereocenters. The molecule has 0 saturated carbocycles. The first-order chi connectivity index (χ1) is 31.5. The van der Waals surface area contributed by atoms with Crippen LogP contribution in [0.3, 0.4) is 0 Å². The lowest BCUT2D eigenvalue weighted by Crippen LogP contribution is -1.99. The van der Waals surface area contributed by atoms with E-state index in [-0.39, 0.29) is 11.5 Å². The Morgan fingerprint density at radius 2 is 0.812 bits per heavy atom. The second-order valence-electron chi connectivity index (χ2n) is 16.2. The Morgan fingerprint density at radius 3 is 1.28 bits per heavy atom. The van der Waals surface area contributed by atoms with E-state index in [1.54, 1.807) is 0 Å². The van der Waals surface area contributed by atoms with Crippen LogP contribution >= 0.6 is 0 Å². The van der Waals surface area contributed by atoms with Gasteiger partial charge in [-0.1, -0.05) is 170 Å². The number of aryl methyl sites for hydroxylation is 1. The summed E-state index contributed by atoms with van der Waals surface area (Å²) in [6.45, 7) is 1.53. The van der Waals surface area contributed by atoms with E-state index >= 15 is 0 Å². The van der Waals surface area contributed by atoms with E-state index in [1.807, 2.05) is 18.5 Å². The highest BCUT2D eigenvalue weighted by Crippen LogP contribution is 2.42. The number of aromatic nitrogens is 2. The number of aliphatic hydroxyl groups is 1. The third-order valence-electron chi connectivity index (χ3n) is 12.0.